The molecule has 1 aliphatic rings. The summed E-state index contributed by atoms with van der Waals surface area (Å²) in [5.41, 5.74) is 1.10. The predicted molar refractivity (Wildman–Crippen MR) is 106 cm³/mol. The summed E-state index contributed by atoms with van der Waals surface area (Å²) in [6, 6.07) is 8.06. The Bertz CT molecular complexity index is 583. The van der Waals surface area contributed by atoms with Gasteiger partial charge in [-0.2, -0.15) is 0 Å². The molecule has 0 heterocycles. The molecule has 0 bridgehead atoms. The second-order valence-corrected chi connectivity index (χ2v) is 9.04. The average Bonchev–Trinajstić information content (AvgIpc) is 2.60. The highest BCUT2D eigenvalue weighted by Crippen LogP contribution is 2.34. The standard InChI is InChI=1S/C23H36O3/c1-6-22(2,3)16-18-11-10-14-20(15-18)25-17-21(24)26-23(4,5)19-12-8-7-9-13-19/h10-11,14-15,19H,6-9,12-13,16-17H2,1-5H3. The maximum Gasteiger partial charge on any atom is 0.344 e. The summed E-state index contributed by atoms with van der Waals surface area (Å²) in [5.74, 6) is 0.918. The zero-order chi connectivity index (χ0) is 19.2. The van der Waals surface area contributed by atoms with Crippen molar-refractivity contribution in [3.8, 4) is 5.75 Å². The van der Waals surface area contributed by atoms with E-state index in [4.69, 9.17) is 9.47 Å². The van der Waals surface area contributed by atoms with Crippen LogP contribution in [0.5, 0.6) is 5.75 Å². The topological polar surface area (TPSA) is 35.5 Å². The fourth-order valence-electron chi connectivity index (χ4n) is 3.77. The van der Waals surface area contributed by atoms with E-state index in [1.165, 1.54) is 24.8 Å². The van der Waals surface area contributed by atoms with Crippen molar-refractivity contribution in [1.82, 2.24) is 0 Å². The van der Waals surface area contributed by atoms with Crippen molar-refractivity contribution in [3.05, 3.63) is 29.8 Å². The minimum Gasteiger partial charge on any atom is -0.482 e. The number of esters is 1. The molecule has 3 nitrogen and oxygen atoms in total. The summed E-state index contributed by atoms with van der Waals surface area (Å²) < 4.78 is 11.5. The van der Waals surface area contributed by atoms with Gasteiger partial charge in [0.2, 0.25) is 0 Å². The van der Waals surface area contributed by atoms with Gasteiger partial charge < -0.3 is 9.47 Å². The summed E-state index contributed by atoms with van der Waals surface area (Å²) >= 11 is 0. The first-order chi connectivity index (χ1) is 12.2. The molecule has 1 aliphatic carbocycles. The van der Waals surface area contributed by atoms with Gasteiger partial charge in [-0.15, -0.1) is 0 Å². The van der Waals surface area contributed by atoms with Gasteiger partial charge in [0.15, 0.2) is 6.61 Å². The van der Waals surface area contributed by atoms with E-state index < -0.39 is 5.60 Å². The highest BCUT2D eigenvalue weighted by molar-refractivity contribution is 5.71. The molecule has 0 unspecified atom stereocenters. The van der Waals surface area contributed by atoms with Crippen molar-refractivity contribution in [2.75, 3.05) is 6.61 Å². The average molecular weight is 361 g/mol. The first-order valence-electron chi connectivity index (χ1n) is 10.2. The largest absolute Gasteiger partial charge is 0.482 e. The molecule has 0 atom stereocenters. The lowest BCUT2D eigenvalue weighted by Crippen LogP contribution is -2.39. The molecule has 26 heavy (non-hydrogen) atoms. The predicted octanol–water partition coefficient (Wildman–Crippen LogP) is 5.95. The molecule has 0 spiro atoms. The van der Waals surface area contributed by atoms with Gasteiger partial charge in [0.25, 0.3) is 0 Å². The smallest absolute Gasteiger partial charge is 0.344 e. The van der Waals surface area contributed by atoms with E-state index in [0.29, 0.717) is 5.92 Å². The molecule has 0 radical (unpaired) electrons. The van der Waals surface area contributed by atoms with Crippen LogP contribution >= 0.6 is 0 Å². The van der Waals surface area contributed by atoms with Crippen LogP contribution in [0.25, 0.3) is 0 Å². The highest BCUT2D eigenvalue weighted by atomic mass is 16.6. The van der Waals surface area contributed by atoms with Crippen molar-refractivity contribution in [2.45, 2.75) is 85.2 Å². The van der Waals surface area contributed by atoms with Crippen LogP contribution in [-0.2, 0) is 16.0 Å². The summed E-state index contributed by atoms with van der Waals surface area (Å²) in [6.45, 7) is 10.8. The van der Waals surface area contributed by atoms with E-state index >= 15 is 0 Å². The van der Waals surface area contributed by atoms with Crippen LogP contribution in [0.3, 0.4) is 0 Å². The highest BCUT2D eigenvalue weighted by Gasteiger charge is 2.34. The lowest BCUT2D eigenvalue weighted by molar-refractivity contribution is -0.165. The maximum absolute atomic E-state index is 12.3. The zero-order valence-electron chi connectivity index (χ0n) is 17.3. The molecule has 0 saturated heterocycles. The molecule has 1 saturated carbocycles. The minimum atomic E-state index is -0.409. The zero-order valence-corrected chi connectivity index (χ0v) is 17.3. The van der Waals surface area contributed by atoms with E-state index in [1.807, 2.05) is 32.0 Å². The van der Waals surface area contributed by atoms with Crippen LogP contribution in [-0.4, -0.2) is 18.2 Å². The van der Waals surface area contributed by atoms with Gasteiger partial charge in [0.1, 0.15) is 11.4 Å². The molecule has 1 aromatic rings. The molecule has 0 amide bonds. The molecule has 0 aromatic heterocycles. The Hall–Kier alpha value is -1.51. The van der Waals surface area contributed by atoms with E-state index in [0.717, 1.165) is 31.4 Å². The summed E-state index contributed by atoms with van der Waals surface area (Å²) in [4.78, 5) is 12.3. The van der Waals surface area contributed by atoms with Crippen molar-refractivity contribution < 1.29 is 14.3 Å². The third-order valence-electron chi connectivity index (χ3n) is 5.86. The summed E-state index contributed by atoms with van der Waals surface area (Å²) in [5, 5.41) is 0. The van der Waals surface area contributed by atoms with E-state index in [2.05, 4.69) is 26.8 Å². The number of carbonyl (C=O) groups is 1. The van der Waals surface area contributed by atoms with Crippen LogP contribution in [0.1, 0.15) is 78.7 Å². The molecule has 1 aromatic carbocycles. The molecule has 2 rings (SSSR count). The fourth-order valence-corrected chi connectivity index (χ4v) is 3.77. The van der Waals surface area contributed by atoms with Gasteiger partial charge in [-0.1, -0.05) is 58.6 Å². The second-order valence-electron chi connectivity index (χ2n) is 9.04. The first kappa shape index (κ1) is 20.8. The SMILES string of the molecule is CCC(C)(C)Cc1cccc(OCC(=O)OC(C)(C)C2CCCCC2)c1. The number of ether oxygens (including phenoxy) is 2. The Balaban J connectivity index is 1.87. The monoisotopic (exact) mass is 360 g/mol. The third-order valence-corrected chi connectivity index (χ3v) is 5.86. The minimum absolute atomic E-state index is 0.0310. The molecule has 0 N–H and O–H groups in total. The van der Waals surface area contributed by atoms with Crippen molar-refractivity contribution in [3.63, 3.8) is 0 Å². The number of rotatable bonds is 8. The van der Waals surface area contributed by atoms with Gasteiger partial charge >= 0.3 is 5.97 Å². The Kier molecular flexibility index (Phi) is 7.14. The van der Waals surface area contributed by atoms with Crippen molar-refractivity contribution in [2.24, 2.45) is 11.3 Å². The van der Waals surface area contributed by atoms with E-state index in [9.17, 15) is 4.79 Å². The summed E-state index contributed by atoms with van der Waals surface area (Å²) in [6.07, 6.45) is 8.20. The van der Waals surface area contributed by atoms with Crippen LogP contribution in [0.2, 0.25) is 0 Å². The molecular weight excluding hydrogens is 324 g/mol. The van der Waals surface area contributed by atoms with Crippen LogP contribution < -0.4 is 4.74 Å². The van der Waals surface area contributed by atoms with Gasteiger partial charge in [0, 0.05) is 0 Å². The Morgan fingerprint density at radius 2 is 1.81 bits per heavy atom. The molecule has 3 heteroatoms. The van der Waals surface area contributed by atoms with Crippen molar-refractivity contribution in [1.29, 1.82) is 0 Å². The Morgan fingerprint density at radius 3 is 2.46 bits per heavy atom. The Morgan fingerprint density at radius 1 is 1.12 bits per heavy atom. The molecule has 0 aliphatic heterocycles. The number of benzene rings is 1. The lowest BCUT2D eigenvalue weighted by atomic mass is 9.79. The van der Waals surface area contributed by atoms with Crippen LogP contribution in [0, 0.1) is 11.3 Å². The maximum atomic E-state index is 12.3. The van der Waals surface area contributed by atoms with E-state index in [-0.39, 0.29) is 18.0 Å². The van der Waals surface area contributed by atoms with Crippen LogP contribution in [0.15, 0.2) is 24.3 Å². The second kappa shape index (κ2) is 8.92. The van der Waals surface area contributed by atoms with Gasteiger partial charge in [-0.05, 0) is 62.1 Å². The lowest BCUT2D eigenvalue weighted by Gasteiger charge is -2.36. The number of carbonyl (C=O) groups excluding carboxylic acids is 1. The number of hydrogen-bond donors (Lipinski definition) is 0. The van der Waals surface area contributed by atoms with Crippen molar-refractivity contribution >= 4 is 5.97 Å². The van der Waals surface area contributed by atoms with Crippen LogP contribution in [0.4, 0.5) is 0 Å². The fraction of sp³-hybridized carbons (Fsp3) is 0.696. The quantitative estimate of drug-likeness (QED) is 0.538. The molecular formula is C23H36O3. The van der Waals surface area contributed by atoms with Gasteiger partial charge in [0.05, 0.1) is 0 Å². The summed E-state index contributed by atoms with van der Waals surface area (Å²) in [7, 11) is 0. The molecule has 146 valence electrons. The first-order valence-corrected chi connectivity index (χ1v) is 10.2. The van der Waals surface area contributed by atoms with Gasteiger partial charge in [-0.3, -0.25) is 0 Å². The van der Waals surface area contributed by atoms with E-state index in [1.54, 1.807) is 0 Å². The molecule has 1 fully saturated rings. The third kappa shape index (κ3) is 6.34. The van der Waals surface area contributed by atoms with Gasteiger partial charge in [-0.25, -0.2) is 4.79 Å². The Labute approximate surface area is 159 Å². The normalized spacial score (nSPS) is 16.3. The number of hydrogen-bond acceptors (Lipinski definition) is 3.